The molecule has 0 saturated carbocycles. The topological polar surface area (TPSA) is 69.4 Å². The molecule has 0 bridgehead atoms. The van der Waals surface area contributed by atoms with Gasteiger partial charge in [0, 0.05) is 22.7 Å². The molecule has 5 nitrogen and oxygen atoms in total. The summed E-state index contributed by atoms with van der Waals surface area (Å²) in [6.45, 7) is 1.71. The third-order valence-corrected chi connectivity index (χ3v) is 3.29. The summed E-state index contributed by atoms with van der Waals surface area (Å²) < 4.78 is 5.31. The Kier molecular flexibility index (Phi) is 4.55. The molecule has 0 amide bonds. The lowest BCUT2D eigenvalue weighted by Crippen LogP contribution is -2.09. The Morgan fingerprint density at radius 1 is 1.19 bits per heavy atom. The average Bonchev–Trinajstić information content (AvgIpc) is 2.47. The maximum absolute atomic E-state index is 12.0. The van der Waals surface area contributed by atoms with Crippen LogP contribution in [0.3, 0.4) is 0 Å². The van der Waals surface area contributed by atoms with Crippen LogP contribution in [0.4, 0.5) is 5.69 Å². The Morgan fingerprint density at radius 2 is 1.81 bits per heavy atom. The molecule has 0 spiro atoms. The van der Waals surface area contributed by atoms with Crippen molar-refractivity contribution < 1.29 is 14.5 Å². The Labute approximate surface area is 126 Å². The number of hydrogen-bond donors (Lipinski definition) is 0. The summed E-state index contributed by atoms with van der Waals surface area (Å²) in [5.41, 5.74) is 0.875. The van der Waals surface area contributed by atoms with Gasteiger partial charge < -0.3 is 4.74 Å². The molecule has 2 aromatic rings. The first-order valence-electron chi connectivity index (χ1n) is 6.19. The minimum Gasteiger partial charge on any atom is -0.454 e. The highest BCUT2D eigenvalue weighted by Gasteiger charge is 2.16. The van der Waals surface area contributed by atoms with E-state index in [9.17, 15) is 14.9 Å². The Bertz CT molecular complexity index is 670. The van der Waals surface area contributed by atoms with Crippen LogP contribution in [-0.4, -0.2) is 10.9 Å². The van der Waals surface area contributed by atoms with Gasteiger partial charge in [0.25, 0.3) is 5.69 Å². The van der Waals surface area contributed by atoms with E-state index in [1.807, 2.05) is 0 Å². The minimum absolute atomic E-state index is 0.0781. The van der Waals surface area contributed by atoms with E-state index in [1.165, 1.54) is 24.3 Å². The lowest BCUT2D eigenvalue weighted by atomic mass is 10.1. The molecule has 0 saturated heterocycles. The van der Waals surface area contributed by atoms with E-state index in [2.05, 4.69) is 0 Å². The number of benzene rings is 2. The molecule has 108 valence electrons. The zero-order valence-electron chi connectivity index (χ0n) is 11.2. The number of carbonyl (C=O) groups is 1. The van der Waals surface area contributed by atoms with Gasteiger partial charge in [0.1, 0.15) is 6.10 Å². The molecular weight excluding hydrogens is 294 g/mol. The van der Waals surface area contributed by atoms with Crippen LogP contribution in [0, 0.1) is 10.1 Å². The summed E-state index contributed by atoms with van der Waals surface area (Å²) in [7, 11) is 0. The van der Waals surface area contributed by atoms with Gasteiger partial charge in [-0.25, -0.2) is 4.79 Å². The number of hydrogen-bond acceptors (Lipinski definition) is 4. The van der Waals surface area contributed by atoms with E-state index in [-0.39, 0.29) is 11.3 Å². The smallest absolute Gasteiger partial charge is 0.338 e. The van der Waals surface area contributed by atoms with E-state index >= 15 is 0 Å². The number of halogens is 1. The highest BCUT2D eigenvalue weighted by Crippen LogP contribution is 2.26. The number of carbonyl (C=O) groups excluding carboxylic acids is 1. The van der Waals surface area contributed by atoms with Gasteiger partial charge >= 0.3 is 5.97 Å². The highest BCUT2D eigenvalue weighted by molar-refractivity contribution is 6.31. The standard InChI is InChI=1S/C15H12ClNO4/c1-10(13-4-2-3-5-14(13)16)21-15(18)11-6-8-12(9-7-11)17(19)20/h2-10H,1H3/t10-/m0/s1. The Hall–Kier alpha value is -2.40. The zero-order chi connectivity index (χ0) is 15.4. The molecule has 0 heterocycles. The van der Waals surface area contributed by atoms with Crippen molar-refractivity contribution in [1.82, 2.24) is 0 Å². The van der Waals surface area contributed by atoms with Crippen molar-refractivity contribution in [3.05, 3.63) is 74.8 Å². The second kappa shape index (κ2) is 6.37. The van der Waals surface area contributed by atoms with Gasteiger partial charge in [0.2, 0.25) is 0 Å². The van der Waals surface area contributed by atoms with Crippen LogP contribution >= 0.6 is 11.6 Å². The van der Waals surface area contributed by atoms with Gasteiger partial charge in [-0.2, -0.15) is 0 Å². The van der Waals surface area contributed by atoms with E-state index in [0.717, 1.165) is 0 Å². The molecule has 2 aromatic carbocycles. The van der Waals surface area contributed by atoms with Gasteiger partial charge in [0.05, 0.1) is 10.5 Å². The van der Waals surface area contributed by atoms with Crippen molar-refractivity contribution in [1.29, 1.82) is 0 Å². The van der Waals surface area contributed by atoms with Crippen LogP contribution in [0.5, 0.6) is 0 Å². The van der Waals surface area contributed by atoms with Crippen LogP contribution in [-0.2, 0) is 4.74 Å². The van der Waals surface area contributed by atoms with Crippen LogP contribution in [0.25, 0.3) is 0 Å². The number of nitro benzene ring substituents is 1. The molecule has 0 aliphatic heterocycles. The number of esters is 1. The predicted molar refractivity (Wildman–Crippen MR) is 78.4 cm³/mol. The lowest BCUT2D eigenvalue weighted by molar-refractivity contribution is -0.384. The summed E-state index contributed by atoms with van der Waals surface area (Å²) in [5, 5.41) is 11.1. The molecule has 0 aromatic heterocycles. The molecule has 2 rings (SSSR count). The summed E-state index contributed by atoms with van der Waals surface area (Å²) >= 11 is 6.04. The first-order chi connectivity index (χ1) is 9.99. The second-order valence-corrected chi connectivity index (χ2v) is 4.78. The summed E-state index contributed by atoms with van der Waals surface area (Å²) in [6, 6.07) is 12.3. The van der Waals surface area contributed by atoms with Gasteiger partial charge in [-0.15, -0.1) is 0 Å². The molecule has 0 radical (unpaired) electrons. The maximum atomic E-state index is 12.0. The summed E-state index contributed by atoms with van der Waals surface area (Å²) in [6.07, 6.45) is -0.513. The van der Waals surface area contributed by atoms with E-state index in [1.54, 1.807) is 31.2 Å². The molecular formula is C15H12ClNO4. The van der Waals surface area contributed by atoms with Crippen molar-refractivity contribution in [3.63, 3.8) is 0 Å². The van der Waals surface area contributed by atoms with Crippen LogP contribution < -0.4 is 0 Å². The molecule has 1 atom stereocenters. The zero-order valence-corrected chi connectivity index (χ0v) is 11.9. The third-order valence-electron chi connectivity index (χ3n) is 2.94. The van der Waals surface area contributed by atoms with Crippen molar-refractivity contribution in [3.8, 4) is 0 Å². The minimum atomic E-state index is -0.558. The predicted octanol–water partition coefficient (Wildman–Crippen LogP) is 4.17. The molecule has 0 unspecified atom stereocenters. The normalized spacial score (nSPS) is 11.7. The van der Waals surface area contributed by atoms with Gasteiger partial charge in [0.15, 0.2) is 0 Å². The fraction of sp³-hybridized carbons (Fsp3) is 0.133. The molecule has 0 aliphatic rings. The van der Waals surface area contributed by atoms with Gasteiger partial charge in [-0.3, -0.25) is 10.1 Å². The van der Waals surface area contributed by atoms with E-state index in [0.29, 0.717) is 10.6 Å². The highest BCUT2D eigenvalue weighted by atomic mass is 35.5. The maximum Gasteiger partial charge on any atom is 0.338 e. The van der Waals surface area contributed by atoms with Gasteiger partial charge in [-0.05, 0) is 25.1 Å². The van der Waals surface area contributed by atoms with Crippen molar-refractivity contribution >= 4 is 23.3 Å². The number of nitro groups is 1. The molecule has 0 N–H and O–H groups in total. The number of non-ortho nitro benzene ring substituents is 1. The summed E-state index contributed by atoms with van der Waals surface area (Å²) in [4.78, 5) is 22.0. The number of rotatable bonds is 4. The van der Waals surface area contributed by atoms with Crippen molar-refractivity contribution in [2.45, 2.75) is 13.0 Å². The van der Waals surface area contributed by atoms with Crippen LogP contribution in [0.2, 0.25) is 5.02 Å². The van der Waals surface area contributed by atoms with E-state index < -0.39 is 17.0 Å². The molecule has 6 heteroatoms. The first kappa shape index (κ1) is 15.0. The Balaban J connectivity index is 2.11. The monoisotopic (exact) mass is 305 g/mol. The van der Waals surface area contributed by atoms with Crippen LogP contribution in [0.1, 0.15) is 28.9 Å². The number of nitrogens with zero attached hydrogens (tertiary/aromatic N) is 1. The fourth-order valence-corrected chi connectivity index (χ4v) is 2.11. The fourth-order valence-electron chi connectivity index (χ4n) is 1.82. The molecule has 0 aliphatic carbocycles. The second-order valence-electron chi connectivity index (χ2n) is 4.37. The number of ether oxygens (including phenoxy) is 1. The third kappa shape index (κ3) is 3.58. The van der Waals surface area contributed by atoms with Crippen molar-refractivity contribution in [2.24, 2.45) is 0 Å². The first-order valence-corrected chi connectivity index (χ1v) is 6.56. The average molecular weight is 306 g/mol. The van der Waals surface area contributed by atoms with Gasteiger partial charge in [-0.1, -0.05) is 29.8 Å². The Morgan fingerprint density at radius 3 is 2.38 bits per heavy atom. The van der Waals surface area contributed by atoms with E-state index in [4.69, 9.17) is 16.3 Å². The largest absolute Gasteiger partial charge is 0.454 e. The van der Waals surface area contributed by atoms with Crippen LogP contribution in [0.15, 0.2) is 48.5 Å². The van der Waals surface area contributed by atoms with Crippen molar-refractivity contribution in [2.75, 3.05) is 0 Å². The SMILES string of the molecule is C[C@H](OC(=O)c1ccc([N+](=O)[O-])cc1)c1ccccc1Cl. The molecule has 0 fully saturated rings. The lowest BCUT2D eigenvalue weighted by Gasteiger charge is -2.14. The molecule has 21 heavy (non-hydrogen) atoms. The summed E-state index contributed by atoms with van der Waals surface area (Å²) in [5.74, 6) is -0.558. The quantitative estimate of drug-likeness (QED) is 0.483.